The molecule has 0 aromatic carbocycles. The van der Waals surface area contributed by atoms with Crippen LogP contribution in [0.1, 0.15) is 6.42 Å². The number of rotatable bonds is 7. The minimum atomic E-state index is -4.89. The fraction of sp³-hybridized carbons (Fsp3) is 0.727. The van der Waals surface area contributed by atoms with Crippen LogP contribution in [0.5, 0.6) is 0 Å². The van der Waals surface area contributed by atoms with Crippen molar-refractivity contribution in [2.45, 2.75) is 42.4 Å². The molecule has 1 unspecified atom stereocenters. The lowest BCUT2D eigenvalue weighted by atomic mass is 10.0. The number of thioether (sulfide) groups is 1. The molecule has 0 aromatic heterocycles. The first kappa shape index (κ1) is 21.3. The lowest BCUT2D eigenvalue weighted by Gasteiger charge is -2.39. The van der Waals surface area contributed by atoms with Crippen LogP contribution >= 0.6 is 11.8 Å². The maximum atomic E-state index is 10.6. The molecule has 0 radical (unpaired) electrons. The maximum Gasteiger partial charge on any atom is 0.466 e. The van der Waals surface area contributed by atoms with Crippen LogP contribution in [0.2, 0.25) is 0 Å². The highest BCUT2D eigenvalue weighted by molar-refractivity contribution is 8.14. The van der Waals surface area contributed by atoms with E-state index in [2.05, 4.69) is 16.0 Å². The van der Waals surface area contributed by atoms with Gasteiger partial charge in [0.1, 0.15) is 34.9 Å². The molecular formula is C11H19NO10S2. The van der Waals surface area contributed by atoms with Gasteiger partial charge in [0.25, 0.3) is 0 Å². The fourth-order valence-corrected chi connectivity index (χ4v) is 3.10. The van der Waals surface area contributed by atoms with Gasteiger partial charge in [-0.15, -0.1) is 6.58 Å². The normalized spacial score (nSPS) is 33.1. The predicted octanol–water partition coefficient (Wildman–Crippen LogP) is -2.41. The molecule has 0 aliphatic carbocycles. The lowest BCUT2D eigenvalue weighted by molar-refractivity contribution is -0.205. The van der Waals surface area contributed by atoms with E-state index in [-0.39, 0.29) is 11.5 Å². The Morgan fingerprint density at radius 2 is 1.96 bits per heavy atom. The summed E-state index contributed by atoms with van der Waals surface area (Å²) < 4.78 is 38.8. The zero-order valence-electron chi connectivity index (χ0n) is 12.2. The first-order chi connectivity index (χ1) is 11.1. The molecule has 1 saturated heterocycles. The van der Waals surface area contributed by atoms with Crippen molar-refractivity contribution in [1.82, 2.24) is 0 Å². The van der Waals surface area contributed by atoms with Crippen molar-refractivity contribution in [2.75, 3.05) is 6.61 Å². The summed E-state index contributed by atoms with van der Waals surface area (Å²) in [5.41, 5.74) is -1.26. The van der Waals surface area contributed by atoms with Crippen LogP contribution in [0.3, 0.4) is 0 Å². The van der Waals surface area contributed by atoms with E-state index in [9.17, 15) is 28.8 Å². The zero-order chi connectivity index (χ0) is 18.5. The molecule has 1 aliphatic rings. The number of ether oxygens (including phenoxy) is 1. The number of hydrogen-bond donors (Lipinski definition) is 6. The molecular weight excluding hydrogens is 370 g/mol. The summed E-state index contributed by atoms with van der Waals surface area (Å²) in [6.07, 6.45) is -6.29. The van der Waals surface area contributed by atoms with Crippen molar-refractivity contribution in [3.8, 4) is 0 Å². The Morgan fingerprint density at radius 3 is 2.46 bits per heavy atom. The Bertz CT molecular complexity index is 551. The standard InChI is InChI=1S/C11H19NO10S2/c1-2-5(14)3-7(12-22-24(18,19)20)23-11-10(17)9(16)8(15)6(4-13)21-11/h2,5-6,8-11,13-17H,1,3-4H2,(H,18,19,20)/t5-,6+,8+,9-,10+,11?/m0/s1. The smallest absolute Gasteiger partial charge is 0.394 e. The highest BCUT2D eigenvalue weighted by Crippen LogP contribution is 2.30. The molecule has 1 heterocycles. The minimum absolute atomic E-state index is 0.218. The van der Waals surface area contributed by atoms with Gasteiger partial charge in [0.2, 0.25) is 0 Å². The van der Waals surface area contributed by atoms with Crippen LogP contribution in [0.4, 0.5) is 0 Å². The second-order valence-electron chi connectivity index (χ2n) is 4.81. The van der Waals surface area contributed by atoms with E-state index in [1.54, 1.807) is 0 Å². The molecule has 0 spiro atoms. The summed E-state index contributed by atoms with van der Waals surface area (Å²) in [6, 6.07) is 0. The summed E-state index contributed by atoms with van der Waals surface area (Å²) in [7, 11) is -4.89. The Kier molecular flexibility index (Phi) is 8.04. The van der Waals surface area contributed by atoms with Gasteiger partial charge >= 0.3 is 10.4 Å². The Morgan fingerprint density at radius 1 is 1.33 bits per heavy atom. The van der Waals surface area contributed by atoms with Crippen molar-refractivity contribution in [3.63, 3.8) is 0 Å². The van der Waals surface area contributed by atoms with Crippen LogP contribution < -0.4 is 0 Å². The summed E-state index contributed by atoms with van der Waals surface area (Å²) in [5.74, 6) is 0. The fourth-order valence-electron chi connectivity index (χ4n) is 1.76. The van der Waals surface area contributed by atoms with Crippen molar-refractivity contribution >= 4 is 27.2 Å². The first-order valence-corrected chi connectivity index (χ1v) is 8.84. The summed E-state index contributed by atoms with van der Waals surface area (Å²) in [4.78, 5) is 0. The van der Waals surface area contributed by atoms with Gasteiger partial charge < -0.3 is 30.3 Å². The van der Waals surface area contributed by atoms with E-state index < -0.39 is 53.0 Å². The first-order valence-electron chi connectivity index (χ1n) is 6.59. The van der Waals surface area contributed by atoms with E-state index in [1.807, 2.05) is 0 Å². The van der Waals surface area contributed by atoms with Gasteiger partial charge in [-0.2, -0.15) is 8.42 Å². The zero-order valence-corrected chi connectivity index (χ0v) is 13.9. The van der Waals surface area contributed by atoms with Crippen molar-refractivity contribution in [2.24, 2.45) is 5.16 Å². The van der Waals surface area contributed by atoms with Gasteiger partial charge in [-0.3, -0.25) is 4.55 Å². The number of aliphatic hydroxyl groups is 5. The average molecular weight is 389 g/mol. The Balaban J connectivity index is 2.92. The van der Waals surface area contributed by atoms with Gasteiger partial charge in [-0.05, 0) is 0 Å². The van der Waals surface area contributed by atoms with Crippen LogP contribution in [-0.2, 0) is 19.4 Å². The number of nitrogens with zero attached hydrogens (tertiary/aromatic N) is 1. The second-order valence-corrected chi connectivity index (χ2v) is 6.99. The molecule has 24 heavy (non-hydrogen) atoms. The molecule has 1 rings (SSSR count). The van der Waals surface area contributed by atoms with E-state index in [1.165, 1.54) is 0 Å². The Hall–Kier alpha value is -0.770. The third kappa shape index (κ3) is 6.27. The molecule has 13 heteroatoms. The van der Waals surface area contributed by atoms with Crippen LogP contribution in [0.15, 0.2) is 17.8 Å². The van der Waals surface area contributed by atoms with Crippen molar-refractivity contribution in [1.29, 1.82) is 0 Å². The van der Waals surface area contributed by atoms with Crippen LogP contribution in [0.25, 0.3) is 0 Å². The SMILES string of the molecule is C=C[C@H](O)CC(=NOS(=O)(=O)O)SC1O[C@H](CO)[C@@H](O)[C@H](O)[C@H]1O. The highest BCUT2D eigenvalue weighted by Gasteiger charge is 2.44. The van der Waals surface area contributed by atoms with E-state index in [4.69, 9.17) is 14.4 Å². The largest absolute Gasteiger partial charge is 0.466 e. The molecule has 1 fully saturated rings. The number of aliphatic hydroxyl groups excluding tert-OH is 5. The average Bonchev–Trinajstić information content (AvgIpc) is 2.52. The summed E-state index contributed by atoms with van der Waals surface area (Å²) >= 11 is 0.570. The molecule has 11 nitrogen and oxygen atoms in total. The summed E-state index contributed by atoms with van der Waals surface area (Å²) in [5, 5.41) is 50.8. The van der Waals surface area contributed by atoms with Crippen molar-refractivity contribution < 1.29 is 47.5 Å². The lowest BCUT2D eigenvalue weighted by Crippen LogP contribution is -2.57. The topological polar surface area (TPSA) is 186 Å². The number of oxime groups is 1. The number of hydrogen-bond acceptors (Lipinski definition) is 11. The molecule has 1 aliphatic heterocycles. The van der Waals surface area contributed by atoms with Crippen LogP contribution in [-0.4, -0.2) is 86.1 Å². The molecule has 6 N–H and O–H groups in total. The second kappa shape index (κ2) is 9.07. The van der Waals surface area contributed by atoms with Gasteiger partial charge in [0, 0.05) is 6.42 Å². The van der Waals surface area contributed by atoms with E-state index in [0.29, 0.717) is 11.8 Å². The predicted molar refractivity (Wildman–Crippen MR) is 82.2 cm³/mol. The van der Waals surface area contributed by atoms with Gasteiger partial charge in [-0.25, -0.2) is 4.28 Å². The third-order valence-electron chi connectivity index (χ3n) is 2.99. The maximum absolute atomic E-state index is 10.6. The highest BCUT2D eigenvalue weighted by atomic mass is 32.3. The van der Waals surface area contributed by atoms with E-state index in [0.717, 1.165) is 6.08 Å². The quantitative estimate of drug-likeness (QED) is 0.0895. The Labute approximate surface area is 142 Å². The monoisotopic (exact) mass is 389 g/mol. The molecule has 0 aromatic rings. The third-order valence-corrected chi connectivity index (χ3v) is 4.39. The molecule has 0 amide bonds. The minimum Gasteiger partial charge on any atom is -0.394 e. The van der Waals surface area contributed by atoms with Gasteiger partial charge in [0.15, 0.2) is 0 Å². The summed E-state index contributed by atoms with van der Waals surface area (Å²) in [6.45, 7) is 2.67. The molecule has 140 valence electrons. The van der Waals surface area contributed by atoms with Gasteiger partial charge in [0.05, 0.1) is 12.7 Å². The molecule has 0 saturated carbocycles. The van der Waals surface area contributed by atoms with E-state index >= 15 is 0 Å². The van der Waals surface area contributed by atoms with Crippen molar-refractivity contribution in [3.05, 3.63) is 12.7 Å². The molecule has 0 bridgehead atoms. The molecule has 6 atom stereocenters. The van der Waals surface area contributed by atoms with Gasteiger partial charge in [-0.1, -0.05) is 23.0 Å². The van der Waals surface area contributed by atoms with Crippen LogP contribution in [0, 0.1) is 0 Å².